The van der Waals surface area contributed by atoms with Gasteiger partial charge in [-0.2, -0.15) is 0 Å². The van der Waals surface area contributed by atoms with Crippen LogP contribution in [-0.4, -0.2) is 56.9 Å². The van der Waals surface area contributed by atoms with E-state index in [0.29, 0.717) is 0 Å². The molecule has 8 atom stereocenters. The average Bonchev–Trinajstić information content (AvgIpc) is 3.02. The lowest BCUT2D eigenvalue weighted by molar-refractivity contribution is -0.193. The molecule has 0 aromatic rings. The van der Waals surface area contributed by atoms with Crippen LogP contribution in [0.5, 0.6) is 0 Å². The van der Waals surface area contributed by atoms with Gasteiger partial charge in [0, 0.05) is 22.3 Å². The number of carboxylic acid groups (broad SMARTS) is 1. The largest absolute Gasteiger partial charge is 0.481 e. The van der Waals surface area contributed by atoms with E-state index in [0.717, 1.165) is 6.08 Å². The Morgan fingerprint density at radius 1 is 1.31 bits per heavy atom. The SMILES string of the molecule is C[C@]12C=C(Cl)C(=O)C=C1C(F)C[C@H]1[C@@H]3CC=C(C(=O)C(O)CC(=O)O)[C@@]3(C)CC(O)[C@@]12F. The number of carbonyl (C=O) groups excluding carboxylic acids is 2. The summed E-state index contributed by atoms with van der Waals surface area (Å²) in [5.41, 5.74) is -4.94. The molecular formula is C23H25ClF2O6. The van der Waals surface area contributed by atoms with Crippen LogP contribution in [0.2, 0.25) is 0 Å². The van der Waals surface area contributed by atoms with Gasteiger partial charge in [-0.05, 0) is 49.8 Å². The first-order valence-corrected chi connectivity index (χ1v) is 11.0. The monoisotopic (exact) mass is 470 g/mol. The van der Waals surface area contributed by atoms with Gasteiger partial charge in [-0.15, -0.1) is 0 Å². The fourth-order valence-electron chi connectivity index (χ4n) is 6.65. The Bertz CT molecular complexity index is 1000. The van der Waals surface area contributed by atoms with Crippen molar-refractivity contribution in [1.29, 1.82) is 0 Å². The fraction of sp³-hybridized carbons (Fsp3) is 0.609. The Balaban J connectivity index is 1.75. The summed E-state index contributed by atoms with van der Waals surface area (Å²) in [4.78, 5) is 35.8. The Morgan fingerprint density at radius 2 is 1.97 bits per heavy atom. The molecule has 32 heavy (non-hydrogen) atoms. The van der Waals surface area contributed by atoms with Gasteiger partial charge < -0.3 is 15.3 Å². The number of aliphatic hydroxyl groups excluding tert-OH is 2. The second-order valence-electron chi connectivity index (χ2n) is 9.81. The standard InChI is InChI=1S/C23H25ClF2O6/c1-21-9-18(29)23(26)12(5-15(25)13-6-16(27)14(24)8-22(13,23)2)10(21)3-4-11(21)20(32)17(28)7-19(30)31/h4,6,8,10,12,15,17-18,28-29H,3,5,7,9H2,1-2H3,(H,30,31)/t10-,12-,15?,17?,18?,21-,22-,23-/m0/s1. The van der Waals surface area contributed by atoms with Crippen LogP contribution in [0.25, 0.3) is 0 Å². The van der Waals surface area contributed by atoms with E-state index in [1.54, 1.807) is 13.0 Å². The molecule has 4 rings (SSSR count). The third-order valence-corrected chi connectivity index (χ3v) is 8.50. The number of hydrogen-bond donors (Lipinski definition) is 3. The number of carboxylic acids is 1. The number of Topliss-reactive ketones (excluding diaryl/α,β-unsaturated/α-hetero) is 1. The summed E-state index contributed by atoms with van der Waals surface area (Å²) in [6.07, 6.45) is -2.25. The number of aliphatic hydroxyl groups is 2. The van der Waals surface area contributed by atoms with Crippen molar-refractivity contribution in [3.05, 3.63) is 34.4 Å². The van der Waals surface area contributed by atoms with Gasteiger partial charge in [0.2, 0.25) is 0 Å². The fourth-order valence-corrected chi connectivity index (χ4v) is 6.92. The normalized spacial score (nSPS) is 43.8. The van der Waals surface area contributed by atoms with Gasteiger partial charge in [-0.25, -0.2) is 8.78 Å². The number of halogens is 3. The zero-order valence-corrected chi connectivity index (χ0v) is 18.4. The van der Waals surface area contributed by atoms with E-state index in [9.17, 15) is 24.6 Å². The number of carbonyl (C=O) groups is 3. The van der Waals surface area contributed by atoms with Crippen molar-refractivity contribution in [2.75, 3.05) is 0 Å². The minimum absolute atomic E-state index is 0.0487. The number of hydrogen-bond acceptors (Lipinski definition) is 5. The highest BCUT2D eigenvalue weighted by Crippen LogP contribution is 2.68. The number of alkyl halides is 2. The van der Waals surface area contributed by atoms with E-state index in [2.05, 4.69) is 0 Å². The van der Waals surface area contributed by atoms with Gasteiger partial charge >= 0.3 is 5.97 Å². The zero-order valence-electron chi connectivity index (χ0n) is 17.6. The highest BCUT2D eigenvalue weighted by atomic mass is 35.5. The molecule has 4 aliphatic carbocycles. The van der Waals surface area contributed by atoms with Crippen molar-refractivity contribution >= 4 is 29.1 Å². The lowest BCUT2D eigenvalue weighted by Gasteiger charge is -2.62. The highest BCUT2D eigenvalue weighted by molar-refractivity contribution is 6.44. The summed E-state index contributed by atoms with van der Waals surface area (Å²) in [6.45, 7) is 3.10. The topological polar surface area (TPSA) is 112 Å². The van der Waals surface area contributed by atoms with Gasteiger partial charge in [0.05, 0.1) is 17.6 Å². The molecule has 2 fully saturated rings. The van der Waals surface area contributed by atoms with Crippen LogP contribution in [0.15, 0.2) is 34.4 Å². The molecule has 0 heterocycles. The predicted octanol–water partition coefficient (Wildman–Crippen LogP) is 2.81. The highest BCUT2D eigenvalue weighted by Gasteiger charge is 2.71. The average molecular weight is 471 g/mol. The zero-order chi connectivity index (χ0) is 23.8. The Labute approximate surface area is 188 Å². The molecule has 2 saturated carbocycles. The minimum Gasteiger partial charge on any atom is -0.481 e. The number of ketones is 2. The van der Waals surface area contributed by atoms with E-state index < -0.39 is 70.7 Å². The van der Waals surface area contributed by atoms with E-state index in [1.165, 1.54) is 13.0 Å². The van der Waals surface area contributed by atoms with Crippen LogP contribution in [0.4, 0.5) is 8.78 Å². The molecular weight excluding hydrogens is 446 g/mol. The molecule has 174 valence electrons. The van der Waals surface area contributed by atoms with Crippen LogP contribution < -0.4 is 0 Å². The third-order valence-electron chi connectivity index (χ3n) is 8.20. The van der Waals surface area contributed by atoms with E-state index >= 15 is 8.78 Å². The van der Waals surface area contributed by atoms with Crippen LogP contribution in [-0.2, 0) is 14.4 Å². The molecule has 0 saturated heterocycles. The Morgan fingerprint density at radius 3 is 2.59 bits per heavy atom. The smallest absolute Gasteiger partial charge is 0.306 e. The molecule has 0 aromatic heterocycles. The maximum absolute atomic E-state index is 17.0. The molecule has 3 N–H and O–H groups in total. The van der Waals surface area contributed by atoms with E-state index in [4.69, 9.17) is 16.7 Å². The second-order valence-corrected chi connectivity index (χ2v) is 10.2. The molecule has 6 nitrogen and oxygen atoms in total. The van der Waals surface area contributed by atoms with Crippen LogP contribution in [0.1, 0.15) is 39.5 Å². The lowest BCUT2D eigenvalue weighted by atomic mass is 9.45. The molecule has 9 heteroatoms. The second kappa shape index (κ2) is 7.30. The predicted molar refractivity (Wildman–Crippen MR) is 110 cm³/mol. The molecule has 0 spiro atoms. The maximum Gasteiger partial charge on any atom is 0.306 e. The van der Waals surface area contributed by atoms with Crippen LogP contribution >= 0.6 is 11.6 Å². The summed E-state index contributed by atoms with van der Waals surface area (Å²) in [6, 6.07) is 0. The summed E-state index contributed by atoms with van der Waals surface area (Å²) in [5, 5.41) is 29.9. The van der Waals surface area contributed by atoms with E-state index in [1.807, 2.05) is 0 Å². The van der Waals surface area contributed by atoms with Crippen molar-refractivity contribution in [3.8, 4) is 0 Å². The van der Waals surface area contributed by atoms with Crippen LogP contribution in [0, 0.1) is 22.7 Å². The molecule has 0 radical (unpaired) electrons. The number of aliphatic carboxylic acids is 1. The first-order valence-electron chi connectivity index (χ1n) is 10.6. The summed E-state index contributed by atoms with van der Waals surface area (Å²) in [5.74, 6) is -4.29. The molecule has 0 aliphatic heterocycles. The van der Waals surface area contributed by atoms with Crippen molar-refractivity contribution in [1.82, 2.24) is 0 Å². The first kappa shape index (κ1) is 23.3. The van der Waals surface area contributed by atoms with Crippen molar-refractivity contribution in [2.45, 2.75) is 63.6 Å². The Hall–Kier alpha value is -1.90. The van der Waals surface area contributed by atoms with Gasteiger partial charge in [0.15, 0.2) is 17.2 Å². The van der Waals surface area contributed by atoms with Crippen molar-refractivity contribution in [2.24, 2.45) is 22.7 Å². The Kier molecular flexibility index (Phi) is 5.31. The lowest BCUT2D eigenvalue weighted by Crippen LogP contribution is -2.68. The molecule has 0 amide bonds. The third kappa shape index (κ3) is 2.92. The summed E-state index contributed by atoms with van der Waals surface area (Å²) >= 11 is 6.01. The van der Waals surface area contributed by atoms with Gasteiger partial charge in [-0.3, -0.25) is 14.4 Å². The van der Waals surface area contributed by atoms with Gasteiger partial charge in [0.25, 0.3) is 0 Å². The molecule has 4 aliphatic rings. The number of allylic oxidation sites excluding steroid dienone is 5. The minimum atomic E-state index is -2.33. The quantitative estimate of drug-likeness (QED) is 0.582. The first-order chi connectivity index (χ1) is 14.8. The van der Waals surface area contributed by atoms with Crippen molar-refractivity contribution < 1.29 is 38.5 Å². The maximum atomic E-state index is 17.0. The van der Waals surface area contributed by atoms with Gasteiger partial charge in [-0.1, -0.05) is 24.6 Å². The van der Waals surface area contributed by atoms with Crippen LogP contribution in [0.3, 0.4) is 0 Å². The molecule has 0 aromatic carbocycles. The summed E-state index contributed by atoms with van der Waals surface area (Å²) < 4.78 is 32.3. The summed E-state index contributed by atoms with van der Waals surface area (Å²) in [7, 11) is 0. The molecule has 3 unspecified atom stereocenters. The van der Waals surface area contributed by atoms with Gasteiger partial charge in [0.1, 0.15) is 12.3 Å². The van der Waals surface area contributed by atoms with Crippen molar-refractivity contribution in [3.63, 3.8) is 0 Å². The molecule has 0 bridgehead atoms. The van der Waals surface area contributed by atoms with E-state index in [-0.39, 0.29) is 35.4 Å². The number of fused-ring (bicyclic) bond motifs is 5. The number of rotatable bonds is 4.